The van der Waals surface area contributed by atoms with Crippen LogP contribution in [0.15, 0.2) is 42.6 Å². The monoisotopic (exact) mass is 255 g/mol. The predicted octanol–water partition coefficient (Wildman–Crippen LogP) is 3.58. The molecule has 1 aromatic carbocycles. The third-order valence-electron chi connectivity index (χ3n) is 3.41. The quantitative estimate of drug-likeness (QED) is 0.858. The third kappa shape index (κ3) is 4.05. The van der Waals surface area contributed by atoms with Gasteiger partial charge in [-0.05, 0) is 37.3 Å². The van der Waals surface area contributed by atoms with Crippen LogP contribution in [0.5, 0.6) is 0 Å². The second-order valence-electron chi connectivity index (χ2n) is 4.82. The molecular formula is C16H21N3. The van der Waals surface area contributed by atoms with Crippen LogP contribution in [0.3, 0.4) is 0 Å². The van der Waals surface area contributed by atoms with Crippen LogP contribution < -0.4 is 5.73 Å². The van der Waals surface area contributed by atoms with E-state index in [9.17, 15) is 0 Å². The number of nitrogens with two attached hydrogens (primary N) is 1. The Morgan fingerprint density at radius 3 is 2.63 bits per heavy atom. The fraction of sp³-hybridized carbons (Fsp3) is 0.375. The molecule has 1 atom stereocenters. The molecule has 3 nitrogen and oxygen atoms in total. The predicted molar refractivity (Wildman–Crippen MR) is 78.9 cm³/mol. The molecule has 0 aliphatic rings. The number of hydrogen-bond donors (Lipinski definition) is 1. The summed E-state index contributed by atoms with van der Waals surface area (Å²) in [5.41, 5.74) is 7.11. The Labute approximate surface area is 114 Å². The highest BCUT2D eigenvalue weighted by atomic mass is 14.9. The highest BCUT2D eigenvalue weighted by Gasteiger charge is 2.12. The molecule has 0 spiro atoms. The molecule has 2 rings (SSSR count). The molecule has 0 saturated heterocycles. The van der Waals surface area contributed by atoms with Crippen LogP contribution in [-0.4, -0.2) is 9.97 Å². The summed E-state index contributed by atoms with van der Waals surface area (Å²) in [4.78, 5) is 8.68. The fourth-order valence-corrected chi connectivity index (χ4v) is 2.30. The first-order valence-corrected chi connectivity index (χ1v) is 6.92. The van der Waals surface area contributed by atoms with Crippen molar-refractivity contribution in [1.29, 1.82) is 0 Å². The fourth-order valence-electron chi connectivity index (χ4n) is 2.30. The second-order valence-corrected chi connectivity index (χ2v) is 4.82. The molecule has 1 aromatic heterocycles. The van der Waals surface area contributed by atoms with Crippen molar-refractivity contribution in [3.8, 4) is 0 Å². The maximum Gasteiger partial charge on any atom is 0.133 e. The van der Waals surface area contributed by atoms with E-state index in [1.807, 2.05) is 0 Å². The summed E-state index contributed by atoms with van der Waals surface area (Å²) >= 11 is 0. The standard InChI is InChI=1S/C16H21N3/c1-2-14(16-18-12-11-15(17)19-16)10-6-9-13-7-4-3-5-8-13/h3-5,7-8,11-12,14H,2,6,9-10H2,1H3,(H2,17,18,19). The minimum Gasteiger partial charge on any atom is -0.384 e. The molecule has 19 heavy (non-hydrogen) atoms. The Kier molecular flexibility index (Phi) is 4.90. The Hall–Kier alpha value is -1.90. The van der Waals surface area contributed by atoms with E-state index in [2.05, 4.69) is 47.2 Å². The molecule has 1 unspecified atom stereocenters. The van der Waals surface area contributed by atoms with Gasteiger partial charge in [-0.2, -0.15) is 0 Å². The van der Waals surface area contributed by atoms with E-state index in [0.717, 1.165) is 31.5 Å². The first kappa shape index (κ1) is 13.5. The molecule has 2 N–H and O–H groups in total. The summed E-state index contributed by atoms with van der Waals surface area (Å²) in [5.74, 6) is 1.86. The van der Waals surface area contributed by atoms with Crippen LogP contribution in [0.2, 0.25) is 0 Å². The summed E-state index contributed by atoms with van der Waals surface area (Å²) in [7, 11) is 0. The lowest BCUT2D eigenvalue weighted by Gasteiger charge is -2.13. The molecule has 0 aliphatic heterocycles. The van der Waals surface area contributed by atoms with Gasteiger partial charge in [-0.1, -0.05) is 37.3 Å². The number of rotatable bonds is 6. The normalized spacial score (nSPS) is 12.3. The van der Waals surface area contributed by atoms with Crippen molar-refractivity contribution in [2.45, 2.75) is 38.5 Å². The lowest BCUT2D eigenvalue weighted by atomic mass is 9.96. The van der Waals surface area contributed by atoms with Crippen molar-refractivity contribution >= 4 is 5.82 Å². The number of hydrogen-bond acceptors (Lipinski definition) is 3. The second kappa shape index (κ2) is 6.88. The first-order chi connectivity index (χ1) is 9.29. The molecule has 0 bridgehead atoms. The average molecular weight is 255 g/mol. The average Bonchev–Trinajstić information content (AvgIpc) is 2.45. The summed E-state index contributed by atoms with van der Waals surface area (Å²) in [6.07, 6.45) is 6.17. The van der Waals surface area contributed by atoms with Crippen LogP contribution in [0, 0.1) is 0 Å². The van der Waals surface area contributed by atoms with Gasteiger partial charge < -0.3 is 5.73 Å². The van der Waals surface area contributed by atoms with Gasteiger partial charge in [0.05, 0.1) is 0 Å². The van der Waals surface area contributed by atoms with Gasteiger partial charge in [0.25, 0.3) is 0 Å². The van der Waals surface area contributed by atoms with Crippen LogP contribution in [-0.2, 0) is 6.42 Å². The van der Waals surface area contributed by atoms with Crippen LogP contribution in [0.4, 0.5) is 5.82 Å². The van der Waals surface area contributed by atoms with Crippen LogP contribution in [0.25, 0.3) is 0 Å². The Morgan fingerprint density at radius 1 is 1.16 bits per heavy atom. The molecule has 0 saturated carbocycles. The maximum atomic E-state index is 5.72. The van der Waals surface area contributed by atoms with Crippen molar-refractivity contribution in [2.75, 3.05) is 5.73 Å². The van der Waals surface area contributed by atoms with Gasteiger partial charge in [0, 0.05) is 12.1 Å². The van der Waals surface area contributed by atoms with Gasteiger partial charge >= 0.3 is 0 Å². The number of nitrogen functional groups attached to an aromatic ring is 1. The Bertz CT molecular complexity index is 496. The molecule has 3 heteroatoms. The van der Waals surface area contributed by atoms with Gasteiger partial charge in [0.2, 0.25) is 0 Å². The molecule has 100 valence electrons. The number of aryl methyl sites for hydroxylation is 1. The molecular weight excluding hydrogens is 234 g/mol. The van der Waals surface area contributed by atoms with Crippen LogP contribution in [0.1, 0.15) is 43.5 Å². The number of aromatic nitrogens is 2. The Balaban J connectivity index is 1.89. The molecule has 0 radical (unpaired) electrons. The van der Waals surface area contributed by atoms with Gasteiger partial charge in [0.1, 0.15) is 11.6 Å². The van der Waals surface area contributed by atoms with Gasteiger partial charge in [-0.15, -0.1) is 0 Å². The van der Waals surface area contributed by atoms with Crippen molar-refractivity contribution in [2.24, 2.45) is 0 Å². The lowest BCUT2D eigenvalue weighted by Crippen LogP contribution is -2.06. The van der Waals surface area contributed by atoms with Gasteiger partial charge in [0.15, 0.2) is 0 Å². The molecule has 0 aliphatic carbocycles. The SMILES string of the molecule is CCC(CCCc1ccccc1)c1nccc(N)n1. The first-order valence-electron chi connectivity index (χ1n) is 6.92. The van der Waals surface area contributed by atoms with E-state index in [4.69, 9.17) is 5.73 Å². The van der Waals surface area contributed by atoms with E-state index in [1.54, 1.807) is 12.3 Å². The van der Waals surface area contributed by atoms with Crippen molar-refractivity contribution < 1.29 is 0 Å². The van der Waals surface area contributed by atoms with Crippen molar-refractivity contribution in [3.63, 3.8) is 0 Å². The maximum absolute atomic E-state index is 5.72. The van der Waals surface area contributed by atoms with E-state index < -0.39 is 0 Å². The highest BCUT2D eigenvalue weighted by Crippen LogP contribution is 2.22. The number of benzene rings is 1. The summed E-state index contributed by atoms with van der Waals surface area (Å²) in [6, 6.07) is 12.3. The zero-order valence-electron chi connectivity index (χ0n) is 11.4. The minimum atomic E-state index is 0.409. The molecule has 2 aromatic rings. The summed E-state index contributed by atoms with van der Waals surface area (Å²) in [5, 5.41) is 0. The van der Waals surface area contributed by atoms with E-state index in [0.29, 0.717) is 11.7 Å². The molecule has 0 fully saturated rings. The minimum absolute atomic E-state index is 0.409. The zero-order valence-corrected chi connectivity index (χ0v) is 11.4. The van der Waals surface area contributed by atoms with E-state index >= 15 is 0 Å². The van der Waals surface area contributed by atoms with Crippen LogP contribution >= 0.6 is 0 Å². The largest absolute Gasteiger partial charge is 0.384 e. The number of anilines is 1. The van der Waals surface area contributed by atoms with Crippen molar-refractivity contribution in [3.05, 3.63) is 54.0 Å². The van der Waals surface area contributed by atoms with Crippen molar-refractivity contribution in [1.82, 2.24) is 9.97 Å². The van der Waals surface area contributed by atoms with E-state index in [-0.39, 0.29) is 0 Å². The summed E-state index contributed by atoms with van der Waals surface area (Å²) in [6.45, 7) is 2.18. The third-order valence-corrected chi connectivity index (χ3v) is 3.41. The Morgan fingerprint density at radius 2 is 1.95 bits per heavy atom. The molecule has 1 heterocycles. The highest BCUT2D eigenvalue weighted by molar-refractivity contribution is 5.25. The molecule has 0 amide bonds. The zero-order chi connectivity index (χ0) is 13.5. The lowest BCUT2D eigenvalue weighted by molar-refractivity contribution is 0.548. The van der Waals surface area contributed by atoms with E-state index in [1.165, 1.54) is 5.56 Å². The summed E-state index contributed by atoms with van der Waals surface area (Å²) < 4.78 is 0. The number of nitrogens with zero attached hydrogens (tertiary/aromatic N) is 2. The smallest absolute Gasteiger partial charge is 0.133 e. The van der Waals surface area contributed by atoms with Gasteiger partial charge in [-0.25, -0.2) is 9.97 Å². The van der Waals surface area contributed by atoms with Gasteiger partial charge in [-0.3, -0.25) is 0 Å². The topological polar surface area (TPSA) is 51.8 Å².